The molecule has 1 aromatic carbocycles. The van der Waals surface area contributed by atoms with Gasteiger partial charge in [0, 0.05) is 18.8 Å². The van der Waals surface area contributed by atoms with E-state index in [1.165, 1.54) is 26.4 Å². The van der Waals surface area contributed by atoms with Crippen LogP contribution in [0.1, 0.15) is 118 Å². The minimum absolute atomic E-state index is 0.0109. The maximum Gasteiger partial charge on any atom is 0.305 e. The van der Waals surface area contributed by atoms with Gasteiger partial charge in [0.1, 0.15) is 0 Å². The molecule has 0 spiro atoms. The molecule has 3 rings (SSSR count). The Morgan fingerprint density at radius 2 is 1.56 bits per heavy atom. The van der Waals surface area contributed by atoms with Gasteiger partial charge < -0.3 is 13.6 Å². The molecule has 0 N–H and O–H groups in total. The van der Waals surface area contributed by atoms with Crippen LogP contribution < -0.4 is 0 Å². The molecule has 0 bridgehead atoms. The number of aryl methyl sites for hydroxylation is 1. The molecule has 2 aliphatic carbocycles. The Hall–Kier alpha value is -1.57. The highest BCUT2D eigenvalue weighted by Crippen LogP contribution is 2.52. The van der Waals surface area contributed by atoms with Gasteiger partial charge in [-0.05, 0) is 112 Å². The normalized spacial score (nSPS) is 23.6. The van der Waals surface area contributed by atoms with Gasteiger partial charge in [0.05, 0.1) is 30.3 Å². The van der Waals surface area contributed by atoms with Crippen molar-refractivity contribution in [2.75, 3.05) is 7.11 Å². The van der Waals surface area contributed by atoms with Crippen LogP contribution in [0, 0.1) is 24.2 Å². The van der Waals surface area contributed by atoms with E-state index in [1.54, 1.807) is 12.1 Å². The molecule has 0 aliphatic heterocycles. The third kappa shape index (κ3) is 11.5. The summed E-state index contributed by atoms with van der Waals surface area (Å²) in [4.78, 5) is 11.8. The van der Waals surface area contributed by atoms with Crippen molar-refractivity contribution >= 4 is 32.7 Å². The van der Waals surface area contributed by atoms with Crippen molar-refractivity contribution < 1.29 is 31.0 Å². The van der Waals surface area contributed by atoms with Crippen molar-refractivity contribution in [3.63, 3.8) is 0 Å². The number of allylic oxidation sites excluding steroid dienone is 2. The zero-order chi connectivity index (χ0) is 39.2. The summed E-state index contributed by atoms with van der Waals surface area (Å²) in [5.41, 5.74) is 1.19. The molecule has 2 saturated carbocycles. The Bertz CT molecular complexity index is 1460. The number of ether oxygens (including phenoxy) is 1. The van der Waals surface area contributed by atoms with Crippen LogP contribution in [-0.4, -0.2) is 56.4 Å². The summed E-state index contributed by atoms with van der Waals surface area (Å²) in [5.74, 6) is -0.372. The number of rotatable bonds is 18. The highest BCUT2D eigenvalue weighted by Gasteiger charge is 2.50. The van der Waals surface area contributed by atoms with E-state index in [0.29, 0.717) is 25.7 Å². The molecule has 1 aromatic rings. The van der Waals surface area contributed by atoms with Gasteiger partial charge in [-0.2, -0.15) is 8.42 Å². The van der Waals surface area contributed by atoms with Crippen molar-refractivity contribution in [1.82, 2.24) is 0 Å². The Morgan fingerprint density at radius 3 is 2.08 bits per heavy atom. The Balaban J connectivity index is 2.01. The lowest BCUT2D eigenvalue weighted by Gasteiger charge is -2.51. The standard InChI is InChI=1S/C42H72O7SSi2/c1-14-42(29-20-30-42)38(49-52(12,13)41(6,7)8)23-19-22-35-34(21-17-15-16-18-24-39(43)46-9)36(31-37(35)48-51(10,11)40(3,4)5)47-50(44,45)33-27-25-32(2)26-28-33/h15,17,19,22,25-28,34-38H,14,16,18,20-21,23-24,29-31H2,1-13H3/t34-,35-,36+,37-,38?/m1/s1. The number of hydrogen-bond acceptors (Lipinski definition) is 7. The zero-order valence-corrected chi connectivity index (χ0v) is 37.7. The van der Waals surface area contributed by atoms with Crippen LogP contribution in [0.25, 0.3) is 0 Å². The second kappa shape index (κ2) is 17.9. The van der Waals surface area contributed by atoms with Crippen molar-refractivity contribution in [3.05, 3.63) is 54.1 Å². The number of carbonyl (C=O) groups is 1. The molecule has 0 heterocycles. The summed E-state index contributed by atoms with van der Waals surface area (Å²) in [6.07, 6.45) is 16.8. The second-order valence-corrected chi connectivity index (χ2v) is 29.7. The smallest absolute Gasteiger partial charge is 0.305 e. The monoisotopic (exact) mass is 776 g/mol. The van der Waals surface area contributed by atoms with Gasteiger partial charge in [0.15, 0.2) is 16.6 Å². The van der Waals surface area contributed by atoms with E-state index in [-0.39, 0.29) is 50.4 Å². The van der Waals surface area contributed by atoms with Gasteiger partial charge in [-0.15, -0.1) is 0 Å². The molecule has 1 unspecified atom stereocenters. The minimum atomic E-state index is -4.01. The summed E-state index contributed by atoms with van der Waals surface area (Å²) in [6, 6.07) is 6.87. The van der Waals surface area contributed by atoms with Gasteiger partial charge in [-0.25, -0.2) is 0 Å². The first-order valence-electron chi connectivity index (χ1n) is 19.7. The number of unbranched alkanes of at least 4 members (excludes halogenated alkanes) is 1. The lowest BCUT2D eigenvalue weighted by Crippen LogP contribution is -2.51. The molecule has 0 saturated heterocycles. The fraction of sp³-hybridized carbons (Fsp3) is 0.738. The number of benzene rings is 1. The van der Waals surface area contributed by atoms with E-state index in [0.717, 1.165) is 24.8 Å². The van der Waals surface area contributed by atoms with Crippen LogP contribution in [0.2, 0.25) is 36.3 Å². The van der Waals surface area contributed by atoms with Gasteiger partial charge in [-0.1, -0.05) is 96.9 Å². The third-order valence-corrected chi connectivity index (χ3v) is 23.3. The van der Waals surface area contributed by atoms with Crippen molar-refractivity contribution in [2.45, 2.75) is 179 Å². The molecule has 0 aromatic heterocycles. The molecular formula is C42H72O7SSi2. The number of methoxy groups -OCH3 is 1. The van der Waals surface area contributed by atoms with E-state index in [2.05, 4.69) is 99.0 Å². The highest BCUT2D eigenvalue weighted by atomic mass is 32.2. The van der Waals surface area contributed by atoms with Crippen molar-refractivity contribution in [3.8, 4) is 0 Å². The summed E-state index contributed by atoms with van der Waals surface area (Å²) < 4.78 is 52.9. The van der Waals surface area contributed by atoms with Crippen molar-refractivity contribution in [1.29, 1.82) is 0 Å². The van der Waals surface area contributed by atoms with Crippen LogP contribution in [0.3, 0.4) is 0 Å². The number of carbonyl (C=O) groups excluding carboxylic acids is 1. The average Bonchev–Trinajstić information content (AvgIpc) is 3.30. The maximum atomic E-state index is 13.8. The molecule has 2 aliphatic rings. The van der Waals surface area contributed by atoms with E-state index in [1.807, 2.05) is 19.1 Å². The molecule has 0 radical (unpaired) electrons. The maximum absolute atomic E-state index is 13.8. The summed E-state index contributed by atoms with van der Waals surface area (Å²) in [7, 11) is -6.86. The van der Waals surface area contributed by atoms with Gasteiger partial charge >= 0.3 is 5.97 Å². The lowest BCUT2D eigenvalue weighted by molar-refractivity contribution is -0.140. The summed E-state index contributed by atoms with van der Waals surface area (Å²) in [6.45, 7) is 27.2. The summed E-state index contributed by atoms with van der Waals surface area (Å²) >= 11 is 0. The van der Waals surface area contributed by atoms with Crippen LogP contribution in [0.4, 0.5) is 0 Å². The predicted molar refractivity (Wildman–Crippen MR) is 219 cm³/mol. The van der Waals surface area contributed by atoms with Crippen molar-refractivity contribution in [2.24, 2.45) is 17.3 Å². The highest BCUT2D eigenvalue weighted by molar-refractivity contribution is 7.86. The number of hydrogen-bond donors (Lipinski definition) is 0. The second-order valence-electron chi connectivity index (χ2n) is 18.6. The first kappa shape index (κ1) is 44.8. The molecule has 7 nitrogen and oxygen atoms in total. The zero-order valence-electron chi connectivity index (χ0n) is 34.8. The fourth-order valence-corrected chi connectivity index (χ4v) is 11.0. The van der Waals surface area contributed by atoms with Crippen LogP contribution in [-0.2, 0) is 32.7 Å². The minimum Gasteiger partial charge on any atom is -0.469 e. The SMILES string of the molecule is CCC1(C(CC=C[C@@H]2[C@@H](CC=CCCCC(=O)OC)[C@@H](OS(=O)(=O)c3ccc(C)cc3)C[C@H]2O[Si](C)(C)C(C)(C)C)O[Si](C)(C)C(C)(C)C)CCC1. The topological polar surface area (TPSA) is 88.1 Å². The van der Waals surface area contributed by atoms with Gasteiger partial charge in [0.25, 0.3) is 10.1 Å². The quantitative estimate of drug-likeness (QED) is 0.0482. The van der Waals surface area contributed by atoms with Crippen LogP contribution >= 0.6 is 0 Å². The Labute approximate surface area is 320 Å². The largest absolute Gasteiger partial charge is 0.469 e. The Morgan fingerprint density at radius 1 is 0.942 bits per heavy atom. The number of esters is 1. The first-order chi connectivity index (χ1) is 24.0. The first-order valence-corrected chi connectivity index (χ1v) is 26.9. The van der Waals surface area contributed by atoms with Crippen LogP contribution in [0.15, 0.2) is 53.5 Å². The third-order valence-electron chi connectivity index (χ3n) is 12.9. The molecule has 5 atom stereocenters. The van der Waals surface area contributed by atoms with E-state index < -0.39 is 32.9 Å². The molecule has 10 heteroatoms. The van der Waals surface area contributed by atoms with Crippen LogP contribution in [0.5, 0.6) is 0 Å². The van der Waals surface area contributed by atoms with E-state index in [9.17, 15) is 13.2 Å². The van der Waals surface area contributed by atoms with Gasteiger partial charge in [-0.3, -0.25) is 8.98 Å². The summed E-state index contributed by atoms with van der Waals surface area (Å²) in [5, 5.41) is 0.103. The lowest BCUT2D eigenvalue weighted by atomic mass is 9.63. The van der Waals surface area contributed by atoms with Gasteiger partial charge in [0.2, 0.25) is 0 Å². The van der Waals surface area contributed by atoms with E-state index >= 15 is 0 Å². The molecular weight excluding hydrogens is 705 g/mol. The molecule has 296 valence electrons. The predicted octanol–water partition coefficient (Wildman–Crippen LogP) is 11.3. The molecule has 2 fully saturated rings. The fourth-order valence-electron chi connectivity index (χ4n) is 7.06. The van der Waals surface area contributed by atoms with E-state index in [4.69, 9.17) is 17.8 Å². The Kier molecular flexibility index (Phi) is 15.5. The average molecular weight is 777 g/mol. The molecule has 52 heavy (non-hydrogen) atoms. The molecule has 0 amide bonds.